The molecule has 3 rings (SSSR count). The van der Waals surface area contributed by atoms with Crippen molar-refractivity contribution in [2.24, 2.45) is 0 Å². The summed E-state index contributed by atoms with van der Waals surface area (Å²) in [4.78, 5) is 6.65. The van der Waals surface area contributed by atoms with Gasteiger partial charge in [0, 0.05) is 43.2 Å². The van der Waals surface area contributed by atoms with E-state index in [1.165, 1.54) is 23.5 Å². The molecule has 2 heterocycles. The van der Waals surface area contributed by atoms with E-state index in [-0.39, 0.29) is 0 Å². The number of rotatable bonds is 2. The molecule has 3 nitrogen and oxygen atoms in total. The number of anilines is 1. The second kappa shape index (κ2) is 5.22. The molecular weight excluding hydrogens is 268 g/mol. The Hall–Kier alpha value is -1.53. The van der Waals surface area contributed by atoms with E-state index in [4.69, 9.17) is 0 Å². The number of benzene rings is 1. The van der Waals surface area contributed by atoms with Gasteiger partial charge in [0.05, 0.1) is 5.69 Å². The normalized spacial score (nSPS) is 15.8. The summed E-state index contributed by atoms with van der Waals surface area (Å²) in [5.74, 6) is -1.15. The van der Waals surface area contributed by atoms with Crippen molar-refractivity contribution in [1.82, 2.24) is 10.3 Å². The van der Waals surface area contributed by atoms with Crippen molar-refractivity contribution in [3.05, 3.63) is 35.2 Å². The lowest BCUT2D eigenvalue weighted by atomic mass is 10.1. The van der Waals surface area contributed by atoms with Gasteiger partial charge in [-0.1, -0.05) is 0 Å². The SMILES string of the molecule is Fc1cc(F)cc(-c2csc(N3CCNCC3)n2)c1. The number of hydrogen-bond acceptors (Lipinski definition) is 4. The lowest BCUT2D eigenvalue weighted by molar-refractivity contribution is 0.584. The predicted molar refractivity (Wildman–Crippen MR) is 72.5 cm³/mol. The molecule has 2 aromatic rings. The molecule has 0 unspecified atom stereocenters. The Morgan fingerprint density at radius 1 is 1.11 bits per heavy atom. The summed E-state index contributed by atoms with van der Waals surface area (Å²) < 4.78 is 26.4. The highest BCUT2D eigenvalue weighted by atomic mass is 32.1. The Morgan fingerprint density at radius 2 is 1.79 bits per heavy atom. The third-order valence-electron chi connectivity index (χ3n) is 3.04. The van der Waals surface area contributed by atoms with Crippen LogP contribution in [0.1, 0.15) is 0 Å². The maximum Gasteiger partial charge on any atom is 0.185 e. The molecule has 1 saturated heterocycles. The fourth-order valence-corrected chi connectivity index (χ4v) is 2.99. The molecule has 1 fully saturated rings. The third kappa shape index (κ3) is 2.74. The highest BCUT2D eigenvalue weighted by Gasteiger charge is 2.15. The van der Waals surface area contributed by atoms with Crippen LogP contribution in [0.5, 0.6) is 0 Å². The minimum Gasteiger partial charge on any atom is -0.346 e. The van der Waals surface area contributed by atoms with Crippen molar-refractivity contribution >= 4 is 16.5 Å². The number of halogens is 2. The summed E-state index contributed by atoms with van der Waals surface area (Å²) in [6, 6.07) is 3.48. The summed E-state index contributed by atoms with van der Waals surface area (Å²) >= 11 is 1.50. The largest absolute Gasteiger partial charge is 0.346 e. The van der Waals surface area contributed by atoms with Gasteiger partial charge in [0.15, 0.2) is 5.13 Å². The number of aromatic nitrogens is 1. The number of nitrogens with one attached hydrogen (secondary N) is 1. The van der Waals surface area contributed by atoms with Gasteiger partial charge in [0.2, 0.25) is 0 Å². The molecule has 1 aromatic carbocycles. The molecule has 1 N–H and O–H groups in total. The molecule has 0 radical (unpaired) electrons. The minimum atomic E-state index is -0.577. The van der Waals surface area contributed by atoms with Crippen molar-refractivity contribution in [3.8, 4) is 11.3 Å². The van der Waals surface area contributed by atoms with Gasteiger partial charge in [0.25, 0.3) is 0 Å². The average molecular weight is 281 g/mol. The number of piperazine rings is 1. The van der Waals surface area contributed by atoms with Crippen LogP contribution < -0.4 is 10.2 Å². The molecule has 0 saturated carbocycles. The van der Waals surface area contributed by atoms with Crippen LogP contribution in [-0.2, 0) is 0 Å². The Bertz CT molecular complexity index is 559. The topological polar surface area (TPSA) is 28.2 Å². The molecule has 6 heteroatoms. The van der Waals surface area contributed by atoms with Crippen molar-refractivity contribution in [2.75, 3.05) is 31.1 Å². The zero-order valence-electron chi connectivity index (χ0n) is 10.2. The Kier molecular flexibility index (Phi) is 3.44. The first-order valence-corrected chi connectivity index (χ1v) is 6.98. The molecule has 0 spiro atoms. The van der Waals surface area contributed by atoms with Crippen molar-refractivity contribution in [1.29, 1.82) is 0 Å². The van der Waals surface area contributed by atoms with E-state index < -0.39 is 11.6 Å². The molecule has 19 heavy (non-hydrogen) atoms. The number of hydrogen-bond donors (Lipinski definition) is 1. The molecule has 0 atom stereocenters. The quantitative estimate of drug-likeness (QED) is 0.916. The average Bonchev–Trinajstić information content (AvgIpc) is 2.88. The van der Waals surface area contributed by atoms with Crippen LogP contribution in [-0.4, -0.2) is 31.2 Å². The molecular formula is C13H13F2N3S. The smallest absolute Gasteiger partial charge is 0.185 e. The van der Waals surface area contributed by atoms with E-state index in [9.17, 15) is 8.78 Å². The fraction of sp³-hybridized carbons (Fsp3) is 0.308. The van der Waals surface area contributed by atoms with Crippen molar-refractivity contribution < 1.29 is 8.78 Å². The number of nitrogens with zero attached hydrogens (tertiary/aromatic N) is 2. The van der Waals surface area contributed by atoms with Gasteiger partial charge in [-0.3, -0.25) is 0 Å². The van der Waals surface area contributed by atoms with Crippen LogP contribution in [0.2, 0.25) is 0 Å². The minimum absolute atomic E-state index is 0.482. The molecule has 1 aliphatic heterocycles. The standard InChI is InChI=1S/C13H13F2N3S/c14-10-5-9(6-11(15)7-10)12-8-19-13(17-12)18-3-1-16-2-4-18/h5-8,16H,1-4H2. The molecule has 1 aromatic heterocycles. The number of thiazole rings is 1. The first kappa shape index (κ1) is 12.5. The van der Waals surface area contributed by atoms with Gasteiger partial charge >= 0.3 is 0 Å². The summed E-state index contributed by atoms with van der Waals surface area (Å²) in [5, 5.41) is 6.02. The molecule has 0 amide bonds. The van der Waals surface area contributed by atoms with Crippen LogP contribution in [0.4, 0.5) is 13.9 Å². The highest BCUT2D eigenvalue weighted by Crippen LogP contribution is 2.28. The summed E-state index contributed by atoms with van der Waals surface area (Å²) in [7, 11) is 0. The maximum absolute atomic E-state index is 13.2. The Morgan fingerprint density at radius 3 is 2.47 bits per heavy atom. The molecule has 1 aliphatic rings. The summed E-state index contributed by atoms with van der Waals surface area (Å²) in [5.41, 5.74) is 1.10. The van der Waals surface area contributed by atoms with E-state index in [1.807, 2.05) is 5.38 Å². The molecule has 0 aliphatic carbocycles. The van der Waals surface area contributed by atoms with Crippen LogP contribution in [0, 0.1) is 11.6 Å². The van der Waals surface area contributed by atoms with Crippen LogP contribution >= 0.6 is 11.3 Å². The second-order valence-corrected chi connectivity index (χ2v) is 5.25. The van der Waals surface area contributed by atoms with Gasteiger partial charge in [-0.15, -0.1) is 11.3 Å². The van der Waals surface area contributed by atoms with Crippen molar-refractivity contribution in [3.63, 3.8) is 0 Å². The summed E-state index contributed by atoms with van der Waals surface area (Å²) in [6.07, 6.45) is 0. The predicted octanol–water partition coefficient (Wildman–Crippen LogP) is 2.50. The van der Waals surface area contributed by atoms with Gasteiger partial charge in [-0.05, 0) is 12.1 Å². The van der Waals surface area contributed by atoms with Crippen LogP contribution in [0.25, 0.3) is 11.3 Å². The van der Waals surface area contributed by atoms with E-state index in [0.29, 0.717) is 11.3 Å². The first-order chi connectivity index (χ1) is 9.22. The first-order valence-electron chi connectivity index (χ1n) is 6.10. The highest BCUT2D eigenvalue weighted by molar-refractivity contribution is 7.14. The fourth-order valence-electron chi connectivity index (χ4n) is 2.10. The Labute approximate surface area is 113 Å². The van der Waals surface area contributed by atoms with Crippen LogP contribution in [0.15, 0.2) is 23.6 Å². The van der Waals surface area contributed by atoms with Gasteiger partial charge in [0.1, 0.15) is 11.6 Å². The lowest BCUT2D eigenvalue weighted by Gasteiger charge is -2.26. The summed E-state index contributed by atoms with van der Waals surface area (Å²) in [6.45, 7) is 3.68. The molecule has 100 valence electrons. The van der Waals surface area contributed by atoms with Gasteiger partial charge in [-0.25, -0.2) is 13.8 Å². The van der Waals surface area contributed by atoms with E-state index in [0.717, 1.165) is 37.4 Å². The second-order valence-electron chi connectivity index (χ2n) is 4.41. The zero-order chi connectivity index (χ0) is 13.2. The van der Waals surface area contributed by atoms with Gasteiger partial charge < -0.3 is 10.2 Å². The molecule has 0 bridgehead atoms. The van der Waals surface area contributed by atoms with E-state index in [1.54, 1.807) is 0 Å². The monoisotopic (exact) mass is 281 g/mol. The lowest BCUT2D eigenvalue weighted by Crippen LogP contribution is -2.43. The van der Waals surface area contributed by atoms with E-state index >= 15 is 0 Å². The van der Waals surface area contributed by atoms with E-state index in [2.05, 4.69) is 15.2 Å². The van der Waals surface area contributed by atoms with Crippen LogP contribution in [0.3, 0.4) is 0 Å². The van der Waals surface area contributed by atoms with Gasteiger partial charge in [-0.2, -0.15) is 0 Å². The third-order valence-corrected chi connectivity index (χ3v) is 3.94. The zero-order valence-corrected chi connectivity index (χ0v) is 11.0. The van der Waals surface area contributed by atoms with Crippen molar-refractivity contribution in [2.45, 2.75) is 0 Å². The maximum atomic E-state index is 13.2. The Balaban J connectivity index is 1.87.